The zero-order valence-electron chi connectivity index (χ0n) is 10.7. The van der Waals surface area contributed by atoms with Crippen molar-refractivity contribution in [2.45, 2.75) is 13.3 Å². The van der Waals surface area contributed by atoms with E-state index in [-0.39, 0.29) is 12.0 Å². The molecule has 0 saturated carbocycles. The van der Waals surface area contributed by atoms with Crippen LogP contribution in [0, 0.1) is 18.6 Å². The summed E-state index contributed by atoms with van der Waals surface area (Å²) in [7, 11) is 0. The summed E-state index contributed by atoms with van der Waals surface area (Å²) in [6.07, 6.45) is -0.218. The van der Waals surface area contributed by atoms with Crippen LogP contribution in [0.1, 0.15) is 11.1 Å². The molecular formula is C15H12BrF2NO. The van der Waals surface area contributed by atoms with E-state index in [1.54, 1.807) is 12.1 Å². The number of aryl methyl sites for hydroxylation is 1. The second-order valence-electron chi connectivity index (χ2n) is 4.37. The molecule has 1 N–H and O–H groups in total. The highest BCUT2D eigenvalue weighted by Crippen LogP contribution is 2.26. The number of hydrogen-bond acceptors (Lipinski definition) is 1. The first-order valence-corrected chi connectivity index (χ1v) is 6.76. The fourth-order valence-electron chi connectivity index (χ4n) is 1.80. The van der Waals surface area contributed by atoms with Gasteiger partial charge in [0.2, 0.25) is 5.91 Å². The van der Waals surface area contributed by atoms with Crippen molar-refractivity contribution in [1.82, 2.24) is 0 Å². The van der Waals surface area contributed by atoms with Crippen LogP contribution in [0.15, 0.2) is 40.9 Å². The van der Waals surface area contributed by atoms with Gasteiger partial charge in [0.05, 0.1) is 12.1 Å². The molecule has 0 fully saturated rings. The number of amides is 1. The lowest BCUT2D eigenvalue weighted by Gasteiger charge is -2.09. The van der Waals surface area contributed by atoms with Gasteiger partial charge in [-0.05, 0) is 40.5 Å². The molecule has 0 atom stereocenters. The lowest BCUT2D eigenvalue weighted by Crippen LogP contribution is -2.16. The van der Waals surface area contributed by atoms with Gasteiger partial charge in [-0.25, -0.2) is 8.78 Å². The second kappa shape index (κ2) is 6.13. The molecule has 0 unspecified atom stereocenters. The highest BCUT2D eigenvalue weighted by atomic mass is 79.9. The third-order valence-corrected chi connectivity index (χ3v) is 3.90. The highest BCUT2D eigenvalue weighted by Gasteiger charge is 2.13. The number of carbonyl (C=O) groups is 1. The Morgan fingerprint density at radius 1 is 1.20 bits per heavy atom. The zero-order chi connectivity index (χ0) is 14.7. The van der Waals surface area contributed by atoms with Crippen molar-refractivity contribution < 1.29 is 13.6 Å². The lowest BCUT2D eigenvalue weighted by atomic mass is 10.1. The Morgan fingerprint density at radius 2 is 1.90 bits per heavy atom. The number of carbonyl (C=O) groups excluding carboxylic acids is 1. The van der Waals surface area contributed by atoms with Crippen LogP contribution in [-0.2, 0) is 11.2 Å². The summed E-state index contributed by atoms with van der Waals surface area (Å²) < 4.78 is 27.3. The van der Waals surface area contributed by atoms with Crippen LogP contribution in [0.3, 0.4) is 0 Å². The average Bonchev–Trinajstić information content (AvgIpc) is 2.40. The first-order chi connectivity index (χ1) is 9.49. The van der Waals surface area contributed by atoms with E-state index < -0.39 is 17.5 Å². The van der Waals surface area contributed by atoms with E-state index in [2.05, 4.69) is 21.2 Å². The Labute approximate surface area is 123 Å². The molecule has 20 heavy (non-hydrogen) atoms. The van der Waals surface area contributed by atoms with Crippen LogP contribution in [0.4, 0.5) is 14.5 Å². The van der Waals surface area contributed by atoms with Gasteiger partial charge >= 0.3 is 0 Å². The predicted octanol–water partition coefficient (Wildman–Crippen LogP) is 4.22. The second-order valence-corrected chi connectivity index (χ2v) is 5.17. The maximum absolute atomic E-state index is 13.5. The van der Waals surface area contributed by atoms with Crippen LogP contribution in [0.2, 0.25) is 0 Å². The van der Waals surface area contributed by atoms with Crippen LogP contribution >= 0.6 is 15.9 Å². The Hall–Kier alpha value is -1.75. The topological polar surface area (TPSA) is 29.1 Å². The molecule has 104 valence electrons. The predicted molar refractivity (Wildman–Crippen MR) is 77.6 cm³/mol. The summed E-state index contributed by atoms with van der Waals surface area (Å²) in [5.41, 5.74) is 1.61. The monoisotopic (exact) mass is 339 g/mol. The maximum Gasteiger partial charge on any atom is 0.228 e. The van der Waals surface area contributed by atoms with Gasteiger partial charge in [0.25, 0.3) is 0 Å². The summed E-state index contributed by atoms with van der Waals surface area (Å²) in [6, 6.07) is 9.22. The van der Waals surface area contributed by atoms with Crippen molar-refractivity contribution in [2.24, 2.45) is 0 Å². The summed E-state index contributed by atoms with van der Waals surface area (Å²) in [6.45, 7) is 1.89. The van der Waals surface area contributed by atoms with E-state index in [1.807, 2.05) is 13.0 Å². The molecule has 0 radical (unpaired) electrons. The minimum Gasteiger partial charge on any atom is -0.325 e. The molecule has 0 heterocycles. The van der Waals surface area contributed by atoms with Gasteiger partial charge in [-0.3, -0.25) is 4.79 Å². The quantitative estimate of drug-likeness (QED) is 0.891. The van der Waals surface area contributed by atoms with Crippen molar-refractivity contribution in [2.75, 3.05) is 5.32 Å². The van der Waals surface area contributed by atoms with Crippen molar-refractivity contribution in [3.05, 3.63) is 63.6 Å². The van der Waals surface area contributed by atoms with E-state index in [0.717, 1.165) is 16.1 Å². The van der Waals surface area contributed by atoms with Crippen LogP contribution < -0.4 is 5.32 Å². The summed E-state index contributed by atoms with van der Waals surface area (Å²) in [5.74, 6) is -2.33. The minimum absolute atomic E-state index is 0.0336. The van der Waals surface area contributed by atoms with Gasteiger partial charge in [0.15, 0.2) is 11.6 Å². The Balaban J connectivity index is 2.13. The van der Waals surface area contributed by atoms with E-state index in [4.69, 9.17) is 0 Å². The summed E-state index contributed by atoms with van der Waals surface area (Å²) >= 11 is 3.37. The molecule has 2 aromatic carbocycles. The third-order valence-electron chi connectivity index (χ3n) is 2.85. The fourth-order valence-corrected chi connectivity index (χ4v) is 2.16. The molecule has 5 heteroatoms. The Morgan fingerprint density at radius 3 is 2.65 bits per heavy atom. The molecular weight excluding hydrogens is 328 g/mol. The Bertz CT molecular complexity index is 603. The van der Waals surface area contributed by atoms with Crippen LogP contribution in [0.25, 0.3) is 0 Å². The highest BCUT2D eigenvalue weighted by molar-refractivity contribution is 9.10. The van der Waals surface area contributed by atoms with Gasteiger partial charge in [0, 0.05) is 10.0 Å². The molecule has 0 aromatic heterocycles. The number of halogens is 3. The largest absolute Gasteiger partial charge is 0.325 e. The molecule has 2 aromatic rings. The molecule has 2 nitrogen and oxygen atoms in total. The van der Waals surface area contributed by atoms with Gasteiger partial charge in [-0.15, -0.1) is 0 Å². The smallest absolute Gasteiger partial charge is 0.228 e. The van der Waals surface area contributed by atoms with E-state index in [9.17, 15) is 13.6 Å². The molecule has 0 saturated heterocycles. The Kier molecular flexibility index (Phi) is 4.49. The average molecular weight is 340 g/mol. The SMILES string of the molecule is Cc1cccc(NC(=O)Cc2cccc(F)c2F)c1Br. The van der Waals surface area contributed by atoms with Gasteiger partial charge in [0.1, 0.15) is 0 Å². The normalized spacial score (nSPS) is 10.4. The van der Waals surface area contributed by atoms with Crippen LogP contribution in [0.5, 0.6) is 0 Å². The fraction of sp³-hybridized carbons (Fsp3) is 0.133. The first kappa shape index (κ1) is 14.7. The number of nitrogens with one attached hydrogen (secondary N) is 1. The van der Waals surface area contributed by atoms with E-state index in [1.165, 1.54) is 12.1 Å². The number of anilines is 1. The van der Waals surface area contributed by atoms with E-state index >= 15 is 0 Å². The van der Waals surface area contributed by atoms with Gasteiger partial charge < -0.3 is 5.32 Å². The zero-order valence-corrected chi connectivity index (χ0v) is 12.3. The number of rotatable bonds is 3. The van der Waals surface area contributed by atoms with E-state index in [0.29, 0.717) is 5.69 Å². The molecule has 0 aliphatic carbocycles. The molecule has 1 amide bonds. The molecule has 0 bridgehead atoms. The van der Waals surface area contributed by atoms with Crippen molar-refractivity contribution in [1.29, 1.82) is 0 Å². The summed E-state index contributed by atoms with van der Waals surface area (Å²) in [5, 5.41) is 2.67. The van der Waals surface area contributed by atoms with Crippen molar-refractivity contribution >= 4 is 27.5 Å². The number of benzene rings is 2. The molecule has 0 aliphatic rings. The molecule has 0 aliphatic heterocycles. The van der Waals surface area contributed by atoms with Gasteiger partial charge in [-0.2, -0.15) is 0 Å². The summed E-state index contributed by atoms with van der Waals surface area (Å²) in [4.78, 5) is 11.9. The minimum atomic E-state index is -0.981. The third kappa shape index (κ3) is 3.22. The standard InChI is InChI=1S/C15H12BrF2NO/c1-9-4-2-7-12(14(9)16)19-13(20)8-10-5-3-6-11(17)15(10)18/h2-7H,8H2,1H3,(H,19,20). The van der Waals surface area contributed by atoms with Crippen molar-refractivity contribution in [3.8, 4) is 0 Å². The lowest BCUT2D eigenvalue weighted by molar-refractivity contribution is -0.115. The first-order valence-electron chi connectivity index (χ1n) is 5.97. The van der Waals surface area contributed by atoms with Crippen LogP contribution in [-0.4, -0.2) is 5.91 Å². The van der Waals surface area contributed by atoms with Crippen molar-refractivity contribution in [3.63, 3.8) is 0 Å². The number of hydrogen-bond donors (Lipinski definition) is 1. The maximum atomic E-state index is 13.5. The molecule has 2 rings (SSSR count). The molecule has 0 spiro atoms. The van der Waals surface area contributed by atoms with Gasteiger partial charge in [-0.1, -0.05) is 24.3 Å².